The third-order valence-corrected chi connectivity index (χ3v) is 4.82. The number of nitrogens with one attached hydrogen (secondary N) is 1. The van der Waals surface area contributed by atoms with Crippen LogP contribution < -0.4 is 5.32 Å². The Kier molecular flexibility index (Phi) is 2.43. The lowest BCUT2D eigenvalue weighted by atomic mass is 9.73. The number of Topliss-reactive ketones (excluding diaryl/α,β-unsaturated/α-hetero) is 1. The van der Waals surface area contributed by atoms with Gasteiger partial charge >= 0.3 is 0 Å². The quantitative estimate of drug-likeness (QED) is 0.783. The Labute approximate surface area is 122 Å². The van der Waals surface area contributed by atoms with Crippen molar-refractivity contribution >= 4 is 17.9 Å². The molecule has 5 heteroatoms. The molecule has 106 valence electrons. The molecular formula is C16H15N3O2. The van der Waals surface area contributed by atoms with Crippen molar-refractivity contribution in [2.45, 2.75) is 25.9 Å². The van der Waals surface area contributed by atoms with Crippen LogP contribution in [0.1, 0.15) is 28.5 Å². The van der Waals surface area contributed by atoms with Crippen molar-refractivity contribution in [3.63, 3.8) is 0 Å². The summed E-state index contributed by atoms with van der Waals surface area (Å²) in [5.41, 5.74) is 2.06. The van der Waals surface area contributed by atoms with Crippen molar-refractivity contribution in [1.82, 2.24) is 10.3 Å². The molecule has 1 aliphatic carbocycles. The SMILES string of the molecule is CC(=O)c1cnc2c(c1)C[C@@]1(C2)C(=O)NC2N=CC=CC21. The van der Waals surface area contributed by atoms with Crippen LogP contribution in [0.5, 0.6) is 0 Å². The molecule has 1 aromatic heterocycles. The van der Waals surface area contributed by atoms with Gasteiger partial charge in [-0.1, -0.05) is 6.08 Å². The summed E-state index contributed by atoms with van der Waals surface area (Å²) in [7, 11) is 0. The van der Waals surface area contributed by atoms with Crippen LogP contribution in [0.4, 0.5) is 0 Å². The zero-order chi connectivity index (χ0) is 14.6. The monoisotopic (exact) mass is 281 g/mol. The Hall–Kier alpha value is -2.30. The minimum absolute atomic E-state index is 0.00200. The maximum Gasteiger partial charge on any atom is 0.229 e. The van der Waals surface area contributed by atoms with Gasteiger partial charge in [0.15, 0.2) is 5.78 Å². The molecule has 2 aliphatic heterocycles. The van der Waals surface area contributed by atoms with Gasteiger partial charge in [0.25, 0.3) is 0 Å². The summed E-state index contributed by atoms with van der Waals surface area (Å²) < 4.78 is 0. The molecule has 1 N–H and O–H groups in total. The Morgan fingerprint density at radius 1 is 1.43 bits per heavy atom. The van der Waals surface area contributed by atoms with Gasteiger partial charge in [-0.3, -0.25) is 19.6 Å². The van der Waals surface area contributed by atoms with Crippen LogP contribution in [0.15, 0.2) is 29.4 Å². The number of hydrogen-bond donors (Lipinski definition) is 1. The van der Waals surface area contributed by atoms with Gasteiger partial charge in [-0.05, 0) is 31.1 Å². The zero-order valence-electron chi connectivity index (χ0n) is 11.7. The highest BCUT2D eigenvalue weighted by Gasteiger charge is 2.57. The van der Waals surface area contributed by atoms with Gasteiger partial charge in [-0.2, -0.15) is 0 Å². The van der Waals surface area contributed by atoms with Gasteiger partial charge in [0, 0.05) is 36.0 Å². The maximum absolute atomic E-state index is 12.5. The first kappa shape index (κ1) is 12.4. The molecule has 3 atom stereocenters. The predicted molar refractivity (Wildman–Crippen MR) is 77.1 cm³/mol. The highest BCUT2D eigenvalue weighted by molar-refractivity contribution is 5.94. The number of aliphatic imine (C=N–C) groups is 1. The molecule has 0 radical (unpaired) electrons. The van der Waals surface area contributed by atoms with E-state index >= 15 is 0 Å². The van der Waals surface area contributed by atoms with E-state index in [-0.39, 0.29) is 23.8 Å². The van der Waals surface area contributed by atoms with Crippen LogP contribution in [0, 0.1) is 11.3 Å². The van der Waals surface area contributed by atoms with Crippen LogP contribution in [0.3, 0.4) is 0 Å². The van der Waals surface area contributed by atoms with Gasteiger partial charge in [-0.25, -0.2) is 0 Å². The molecule has 0 saturated carbocycles. The number of allylic oxidation sites excluding steroid dienone is 1. The number of fused-ring (bicyclic) bond motifs is 3. The first-order valence-corrected chi connectivity index (χ1v) is 7.10. The molecule has 4 rings (SSSR count). The number of pyridine rings is 1. The predicted octanol–water partition coefficient (Wildman–Crippen LogP) is 1.08. The second kappa shape index (κ2) is 4.10. The van der Waals surface area contributed by atoms with Gasteiger partial charge in [-0.15, -0.1) is 0 Å². The van der Waals surface area contributed by atoms with Crippen LogP contribution in [-0.2, 0) is 17.6 Å². The fourth-order valence-electron chi connectivity index (χ4n) is 3.69. The topological polar surface area (TPSA) is 71.4 Å². The number of nitrogens with zero attached hydrogens (tertiary/aromatic N) is 2. The minimum atomic E-state index is -0.496. The van der Waals surface area contributed by atoms with E-state index in [1.807, 2.05) is 12.1 Å². The lowest BCUT2D eigenvalue weighted by molar-refractivity contribution is -0.128. The number of dihydropyridines is 1. The summed E-state index contributed by atoms with van der Waals surface area (Å²) in [5, 5.41) is 2.98. The van der Waals surface area contributed by atoms with Crippen LogP contribution in [0.25, 0.3) is 0 Å². The fourth-order valence-corrected chi connectivity index (χ4v) is 3.69. The zero-order valence-corrected chi connectivity index (χ0v) is 11.7. The van der Waals surface area contributed by atoms with Crippen LogP contribution >= 0.6 is 0 Å². The van der Waals surface area contributed by atoms with Gasteiger partial charge < -0.3 is 5.32 Å². The average molecular weight is 281 g/mol. The molecule has 1 fully saturated rings. The number of ketones is 1. The van der Waals surface area contributed by atoms with Crippen molar-refractivity contribution in [1.29, 1.82) is 0 Å². The van der Waals surface area contributed by atoms with Crippen molar-refractivity contribution in [3.05, 3.63) is 41.2 Å². The fraction of sp³-hybridized carbons (Fsp3) is 0.375. The van der Waals surface area contributed by atoms with Crippen LogP contribution in [0.2, 0.25) is 0 Å². The van der Waals surface area contributed by atoms with Crippen LogP contribution in [-0.4, -0.2) is 29.1 Å². The molecule has 0 bridgehead atoms. The lowest BCUT2D eigenvalue weighted by Gasteiger charge is -2.27. The molecule has 0 aromatic carbocycles. The number of aromatic nitrogens is 1. The molecular weight excluding hydrogens is 266 g/mol. The van der Waals surface area contributed by atoms with Crippen molar-refractivity contribution < 1.29 is 9.59 Å². The molecule has 1 amide bonds. The molecule has 1 aromatic rings. The summed E-state index contributed by atoms with van der Waals surface area (Å²) >= 11 is 0. The van der Waals surface area contributed by atoms with Crippen molar-refractivity contribution in [2.75, 3.05) is 0 Å². The summed E-state index contributed by atoms with van der Waals surface area (Å²) in [6.07, 6.45) is 8.39. The molecule has 2 unspecified atom stereocenters. The van der Waals surface area contributed by atoms with E-state index in [4.69, 9.17) is 0 Å². The second-order valence-electron chi connectivity index (χ2n) is 6.02. The molecule has 1 spiro atoms. The minimum Gasteiger partial charge on any atom is -0.333 e. The average Bonchev–Trinajstić information content (AvgIpc) is 2.98. The van der Waals surface area contributed by atoms with Gasteiger partial charge in [0.1, 0.15) is 6.17 Å². The third-order valence-electron chi connectivity index (χ3n) is 4.82. The summed E-state index contributed by atoms with van der Waals surface area (Å²) in [6, 6.07) is 1.88. The first-order chi connectivity index (χ1) is 10.1. The molecule has 21 heavy (non-hydrogen) atoms. The lowest BCUT2D eigenvalue weighted by Crippen LogP contribution is -2.35. The molecule has 1 saturated heterocycles. The largest absolute Gasteiger partial charge is 0.333 e. The second-order valence-corrected chi connectivity index (χ2v) is 6.02. The number of hydrogen-bond acceptors (Lipinski definition) is 4. The number of carbonyl (C=O) groups excluding carboxylic acids is 2. The Bertz CT molecular complexity index is 722. The van der Waals surface area contributed by atoms with Crippen molar-refractivity contribution in [2.24, 2.45) is 16.3 Å². The summed E-state index contributed by atoms with van der Waals surface area (Å²) in [6.45, 7) is 1.53. The van der Waals surface area contributed by atoms with E-state index in [0.29, 0.717) is 18.4 Å². The Balaban J connectivity index is 1.75. The first-order valence-electron chi connectivity index (χ1n) is 7.10. The Morgan fingerprint density at radius 2 is 2.29 bits per heavy atom. The molecule has 5 nitrogen and oxygen atoms in total. The van der Waals surface area contributed by atoms with E-state index in [1.165, 1.54) is 6.92 Å². The van der Waals surface area contributed by atoms with E-state index in [9.17, 15) is 9.59 Å². The number of amides is 1. The number of carbonyl (C=O) groups is 2. The summed E-state index contributed by atoms with van der Waals surface area (Å²) in [4.78, 5) is 32.8. The molecule has 3 aliphatic rings. The maximum atomic E-state index is 12.5. The van der Waals surface area contributed by atoms with Gasteiger partial charge in [0.05, 0.1) is 5.41 Å². The standard InChI is InChI=1S/C16H15N3O2/c1-9(20)11-5-10-6-16(7-13(10)18-8-11)12-3-2-4-17-14(12)19-15(16)21/h2-5,8,12,14H,6-7H2,1H3,(H,19,21)/t12?,14?,16-/m0/s1. The van der Waals surface area contributed by atoms with E-state index in [2.05, 4.69) is 21.4 Å². The number of rotatable bonds is 1. The van der Waals surface area contributed by atoms with E-state index < -0.39 is 5.41 Å². The molecule has 3 heterocycles. The smallest absolute Gasteiger partial charge is 0.229 e. The normalized spacial score (nSPS) is 32.1. The summed E-state index contributed by atoms with van der Waals surface area (Å²) in [5.74, 6) is 0.107. The highest BCUT2D eigenvalue weighted by atomic mass is 16.2. The Morgan fingerprint density at radius 3 is 3.10 bits per heavy atom. The van der Waals surface area contributed by atoms with E-state index in [1.54, 1.807) is 12.4 Å². The van der Waals surface area contributed by atoms with E-state index in [0.717, 1.165) is 11.3 Å². The van der Waals surface area contributed by atoms with Gasteiger partial charge in [0.2, 0.25) is 5.91 Å². The third kappa shape index (κ3) is 1.63. The van der Waals surface area contributed by atoms with Crippen molar-refractivity contribution in [3.8, 4) is 0 Å². The highest BCUT2D eigenvalue weighted by Crippen LogP contribution is 2.48.